The number of rotatable bonds is 7. The Morgan fingerprint density at radius 1 is 0.750 bits per heavy atom. The maximum absolute atomic E-state index is 5.94. The van der Waals surface area contributed by atoms with Crippen molar-refractivity contribution in [3.8, 4) is 0 Å². The maximum Gasteiger partial charge on any atom is 0.154 e. The molecule has 0 unspecified atom stereocenters. The summed E-state index contributed by atoms with van der Waals surface area (Å²) in [5.41, 5.74) is 0. The highest BCUT2D eigenvalue weighted by Crippen LogP contribution is 2.16. The van der Waals surface area contributed by atoms with E-state index < -0.39 is 0 Å². The Morgan fingerprint density at radius 3 is 1.38 bits per heavy atom. The molecule has 0 aromatic heterocycles. The van der Waals surface area contributed by atoms with Crippen molar-refractivity contribution < 1.29 is 24.0 Å². The van der Waals surface area contributed by atoms with Gasteiger partial charge in [-0.25, -0.2) is 0 Å². The highest BCUT2D eigenvalue weighted by molar-refractivity contribution is 4.26. The first-order chi connectivity index (χ1) is 6.97. The monoisotopic (exact) mass is 236 g/mol. The normalized spacial score (nSPS) is 14.2. The van der Waals surface area contributed by atoms with Crippen LogP contribution in [0.3, 0.4) is 0 Å². The summed E-state index contributed by atoms with van der Waals surface area (Å²) in [4.78, 5) is 12.0. The molecule has 5 nitrogen and oxygen atoms in total. The molecule has 0 fully saturated rings. The maximum atomic E-state index is 5.94. The molecule has 0 atom stereocenters. The molecule has 0 heterocycles. The molecule has 0 saturated carbocycles. The van der Waals surface area contributed by atoms with E-state index in [-0.39, 0.29) is 4.81 Å². The SMILES string of the molecule is CCCC[N+](C)(O[N+](C)(C)C)O[N+](C)(C)C. The van der Waals surface area contributed by atoms with Gasteiger partial charge < -0.3 is 0 Å². The van der Waals surface area contributed by atoms with E-state index in [1.807, 2.05) is 49.3 Å². The Kier molecular flexibility index (Phi) is 5.35. The number of hydrogen-bond donors (Lipinski definition) is 0. The molecule has 16 heavy (non-hydrogen) atoms. The van der Waals surface area contributed by atoms with E-state index in [0.717, 1.165) is 19.4 Å². The van der Waals surface area contributed by atoms with E-state index >= 15 is 0 Å². The molecular formula is C11H30N3O2+3. The summed E-state index contributed by atoms with van der Waals surface area (Å²) < 4.78 is 0.834. The molecule has 0 aromatic carbocycles. The summed E-state index contributed by atoms with van der Waals surface area (Å²) in [5, 5.41) is 0. The Hall–Kier alpha value is -0.200. The van der Waals surface area contributed by atoms with Gasteiger partial charge >= 0.3 is 0 Å². The smallest absolute Gasteiger partial charge is 0.131 e. The zero-order valence-electron chi connectivity index (χ0n) is 12.3. The van der Waals surface area contributed by atoms with E-state index in [0.29, 0.717) is 9.29 Å². The van der Waals surface area contributed by atoms with Crippen LogP contribution in [0.25, 0.3) is 0 Å². The van der Waals surface area contributed by atoms with Crippen LogP contribution in [0.1, 0.15) is 19.8 Å². The van der Waals surface area contributed by atoms with Crippen LogP contribution in [0, 0.1) is 0 Å². The fraction of sp³-hybridized carbons (Fsp3) is 1.00. The standard InChI is InChI=1S/C11H30N3O2/c1-9-10-11-14(8,15-12(2,3)4)16-13(5,6)7/h9-11H2,1-8H3/q+3. The molecule has 0 saturated heterocycles. The van der Waals surface area contributed by atoms with Crippen molar-refractivity contribution in [1.82, 2.24) is 0 Å². The van der Waals surface area contributed by atoms with Gasteiger partial charge in [-0.05, 0) is 0 Å². The number of hydrogen-bond acceptors (Lipinski definition) is 2. The van der Waals surface area contributed by atoms with Gasteiger partial charge in [-0.2, -0.15) is 0 Å². The van der Waals surface area contributed by atoms with Crippen LogP contribution < -0.4 is 0 Å². The molecule has 0 aliphatic carbocycles. The summed E-state index contributed by atoms with van der Waals surface area (Å²) >= 11 is 0. The second-order valence-electron chi connectivity index (χ2n) is 6.03. The Balaban J connectivity index is 4.61. The van der Waals surface area contributed by atoms with Gasteiger partial charge in [-0.15, -0.1) is 9.29 Å². The van der Waals surface area contributed by atoms with Gasteiger partial charge in [0, 0.05) is 16.3 Å². The lowest BCUT2D eigenvalue weighted by molar-refractivity contribution is -1.48. The third-order valence-electron chi connectivity index (χ3n) is 1.75. The van der Waals surface area contributed by atoms with Crippen LogP contribution in [0.4, 0.5) is 0 Å². The highest BCUT2D eigenvalue weighted by Gasteiger charge is 2.40. The van der Waals surface area contributed by atoms with E-state index in [4.69, 9.17) is 9.88 Å². The Bertz CT molecular complexity index is 190. The molecule has 0 N–H and O–H groups in total. The second-order valence-corrected chi connectivity index (χ2v) is 6.03. The lowest BCUT2D eigenvalue weighted by Gasteiger charge is -2.34. The average Bonchev–Trinajstić information content (AvgIpc) is 1.93. The minimum absolute atomic E-state index is 0.167. The molecule has 0 amide bonds. The molecule has 98 valence electrons. The van der Waals surface area contributed by atoms with Gasteiger partial charge in [0.05, 0.1) is 4.81 Å². The first-order valence-corrected chi connectivity index (χ1v) is 5.88. The van der Waals surface area contributed by atoms with Gasteiger partial charge in [0.15, 0.2) is 6.54 Å². The predicted molar refractivity (Wildman–Crippen MR) is 64.2 cm³/mol. The fourth-order valence-corrected chi connectivity index (χ4v) is 1.58. The minimum atomic E-state index is 0.167. The molecule has 0 aliphatic heterocycles. The van der Waals surface area contributed by atoms with Gasteiger partial charge in [0.25, 0.3) is 0 Å². The van der Waals surface area contributed by atoms with Crippen molar-refractivity contribution in [3.05, 3.63) is 0 Å². The van der Waals surface area contributed by atoms with Crippen molar-refractivity contribution in [2.45, 2.75) is 19.8 Å². The Morgan fingerprint density at radius 2 is 1.12 bits per heavy atom. The molecule has 5 heteroatoms. The van der Waals surface area contributed by atoms with Crippen LogP contribution in [0.5, 0.6) is 0 Å². The van der Waals surface area contributed by atoms with Crippen molar-refractivity contribution in [2.75, 3.05) is 55.9 Å². The molecule has 0 bridgehead atoms. The molecule has 0 spiro atoms. The topological polar surface area (TPSA) is 18.5 Å². The van der Waals surface area contributed by atoms with Crippen LogP contribution in [0.2, 0.25) is 0 Å². The third kappa shape index (κ3) is 8.01. The number of nitrogens with zero attached hydrogens (tertiary/aromatic N) is 3. The zero-order valence-corrected chi connectivity index (χ0v) is 12.3. The van der Waals surface area contributed by atoms with Crippen molar-refractivity contribution in [1.29, 1.82) is 0 Å². The van der Waals surface area contributed by atoms with Crippen LogP contribution in [-0.2, 0) is 9.88 Å². The summed E-state index contributed by atoms with van der Waals surface area (Å²) in [6.07, 6.45) is 2.21. The van der Waals surface area contributed by atoms with E-state index in [9.17, 15) is 0 Å². The van der Waals surface area contributed by atoms with Crippen molar-refractivity contribution in [2.24, 2.45) is 0 Å². The van der Waals surface area contributed by atoms with Crippen LogP contribution in [0.15, 0.2) is 0 Å². The predicted octanol–water partition coefficient (Wildman–Crippen LogP) is 1.34. The van der Waals surface area contributed by atoms with Gasteiger partial charge in [0.1, 0.15) is 49.3 Å². The number of hydroxylamine groups is 10. The summed E-state index contributed by atoms with van der Waals surface area (Å²) in [6, 6.07) is 0. The third-order valence-corrected chi connectivity index (χ3v) is 1.75. The van der Waals surface area contributed by atoms with E-state index in [1.165, 1.54) is 0 Å². The first-order valence-electron chi connectivity index (χ1n) is 5.88. The molecule has 0 aromatic rings. The average molecular weight is 236 g/mol. The van der Waals surface area contributed by atoms with Crippen molar-refractivity contribution in [3.63, 3.8) is 0 Å². The van der Waals surface area contributed by atoms with Gasteiger partial charge in [0.2, 0.25) is 0 Å². The second kappa shape index (κ2) is 5.42. The zero-order chi connectivity index (χ0) is 13.0. The van der Waals surface area contributed by atoms with Crippen molar-refractivity contribution >= 4 is 0 Å². The fourth-order valence-electron chi connectivity index (χ4n) is 1.58. The lowest BCUT2D eigenvalue weighted by atomic mass is 10.3. The Labute approximate surface area is 100 Å². The lowest BCUT2D eigenvalue weighted by Crippen LogP contribution is -2.59. The van der Waals surface area contributed by atoms with Gasteiger partial charge in [-0.3, -0.25) is 0 Å². The molecule has 0 rings (SSSR count). The summed E-state index contributed by atoms with van der Waals surface area (Å²) in [6.45, 7) is 3.02. The van der Waals surface area contributed by atoms with E-state index in [1.54, 1.807) is 0 Å². The molecular weight excluding hydrogens is 206 g/mol. The summed E-state index contributed by atoms with van der Waals surface area (Å²) in [5.74, 6) is 0. The molecule has 0 aliphatic rings. The number of unbranched alkanes of at least 4 members (excludes halogenated alkanes) is 1. The largest absolute Gasteiger partial charge is 0.154 e. The molecule has 0 radical (unpaired) electrons. The summed E-state index contributed by atoms with van der Waals surface area (Å²) in [7, 11) is 13.9. The van der Waals surface area contributed by atoms with Crippen LogP contribution >= 0.6 is 0 Å². The minimum Gasteiger partial charge on any atom is -0.131 e. The van der Waals surface area contributed by atoms with E-state index in [2.05, 4.69) is 6.92 Å². The van der Waals surface area contributed by atoms with Gasteiger partial charge in [-0.1, -0.05) is 13.3 Å². The first kappa shape index (κ1) is 15.8. The quantitative estimate of drug-likeness (QED) is 0.490. The highest BCUT2D eigenvalue weighted by atomic mass is 17.1. The number of quaternary nitrogens is 3. The van der Waals surface area contributed by atoms with Crippen LogP contribution in [-0.4, -0.2) is 70.0 Å².